The number of hydrogen-bond acceptors (Lipinski definition) is 4. The third-order valence-electron chi connectivity index (χ3n) is 1.81. The van der Waals surface area contributed by atoms with E-state index >= 15 is 0 Å². The van der Waals surface area contributed by atoms with E-state index in [1.165, 1.54) is 0 Å². The van der Waals surface area contributed by atoms with Gasteiger partial charge in [-0.25, -0.2) is 4.98 Å². The highest BCUT2D eigenvalue weighted by atomic mass is 19.4. The first-order chi connectivity index (χ1) is 8.04. The summed E-state index contributed by atoms with van der Waals surface area (Å²) in [6, 6.07) is 0.0714. The van der Waals surface area contributed by atoms with E-state index in [1.807, 2.05) is 0 Å². The Hall–Kier alpha value is -1.71. The molecule has 102 valence electrons. The van der Waals surface area contributed by atoms with Gasteiger partial charge >= 0.3 is 12.5 Å². The Morgan fingerprint density at radius 1 is 1.17 bits per heavy atom. The molecule has 18 heavy (non-hydrogen) atoms. The zero-order chi connectivity index (χ0) is 14.1. The van der Waals surface area contributed by atoms with Crippen molar-refractivity contribution >= 4 is 5.69 Å². The lowest BCUT2D eigenvalue weighted by Crippen LogP contribution is -2.21. The minimum atomic E-state index is -5.16. The van der Waals surface area contributed by atoms with Crippen molar-refractivity contribution in [2.45, 2.75) is 19.1 Å². The van der Waals surface area contributed by atoms with Gasteiger partial charge in [0.25, 0.3) is 0 Å². The maximum absolute atomic E-state index is 12.4. The smallest absolute Gasteiger partial charge is 0.403 e. The van der Waals surface area contributed by atoms with Gasteiger partial charge in [-0.3, -0.25) is 0 Å². The van der Waals surface area contributed by atoms with Crippen LogP contribution in [0.2, 0.25) is 0 Å². The van der Waals surface area contributed by atoms with Crippen molar-refractivity contribution in [1.82, 2.24) is 4.98 Å². The number of anilines is 1. The second kappa shape index (κ2) is 4.52. The van der Waals surface area contributed by atoms with E-state index in [0.717, 1.165) is 0 Å². The highest BCUT2D eigenvalue weighted by Gasteiger charge is 2.37. The molecule has 1 aromatic heterocycles. The molecular weight excluding hydrogens is 268 g/mol. The SMILES string of the molecule is NCc1nc(C(F)(F)F)cc(OC(F)(F)F)c1N. The van der Waals surface area contributed by atoms with Crippen LogP contribution >= 0.6 is 0 Å². The van der Waals surface area contributed by atoms with Gasteiger partial charge in [-0.2, -0.15) is 13.2 Å². The van der Waals surface area contributed by atoms with Gasteiger partial charge in [0.05, 0.1) is 11.4 Å². The van der Waals surface area contributed by atoms with Crippen molar-refractivity contribution < 1.29 is 31.1 Å². The predicted molar refractivity (Wildman–Crippen MR) is 48.2 cm³/mol. The van der Waals surface area contributed by atoms with Crippen molar-refractivity contribution in [1.29, 1.82) is 0 Å². The molecule has 0 saturated carbocycles. The van der Waals surface area contributed by atoms with Crippen LogP contribution in [0.5, 0.6) is 5.75 Å². The maximum Gasteiger partial charge on any atom is 0.573 e. The Morgan fingerprint density at radius 2 is 1.72 bits per heavy atom. The van der Waals surface area contributed by atoms with Crippen molar-refractivity contribution in [3.05, 3.63) is 17.5 Å². The summed E-state index contributed by atoms with van der Waals surface area (Å²) in [5, 5.41) is 0. The third-order valence-corrected chi connectivity index (χ3v) is 1.81. The number of alkyl halides is 6. The molecule has 1 rings (SSSR count). The van der Waals surface area contributed by atoms with Gasteiger partial charge in [-0.1, -0.05) is 0 Å². The highest BCUT2D eigenvalue weighted by Crippen LogP contribution is 2.36. The fourth-order valence-electron chi connectivity index (χ4n) is 1.09. The van der Waals surface area contributed by atoms with Gasteiger partial charge in [-0.05, 0) is 0 Å². The Bertz CT molecular complexity index is 442. The van der Waals surface area contributed by atoms with E-state index < -0.39 is 41.9 Å². The van der Waals surface area contributed by atoms with Crippen molar-refractivity contribution in [2.75, 3.05) is 5.73 Å². The fourth-order valence-corrected chi connectivity index (χ4v) is 1.09. The molecule has 0 atom stereocenters. The summed E-state index contributed by atoms with van der Waals surface area (Å²) in [4.78, 5) is 3.03. The van der Waals surface area contributed by atoms with E-state index in [4.69, 9.17) is 11.5 Å². The van der Waals surface area contributed by atoms with Crippen LogP contribution in [0.4, 0.5) is 32.0 Å². The van der Waals surface area contributed by atoms with Gasteiger partial charge in [0.15, 0.2) is 5.75 Å². The Morgan fingerprint density at radius 3 is 2.11 bits per heavy atom. The van der Waals surface area contributed by atoms with Gasteiger partial charge < -0.3 is 16.2 Å². The lowest BCUT2D eigenvalue weighted by molar-refractivity contribution is -0.274. The number of halogens is 6. The van der Waals surface area contributed by atoms with Gasteiger partial charge in [0, 0.05) is 12.6 Å². The molecule has 0 radical (unpaired) electrons. The van der Waals surface area contributed by atoms with E-state index in [-0.39, 0.29) is 6.07 Å². The van der Waals surface area contributed by atoms with Crippen LogP contribution in [0.1, 0.15) is 11.4 Å². The van der Waals surface area contributed by atoms with Crippen LogP contribution in [-0.4, -0.2) is 11.3 Å². The molecule has 0 aromatic carbocycles. The molecule has 0 aliphatic heterocycles. The van der Waals surface area contributed by atoms with Crippen molar-refractivity contribution in [3.8, 4) is 5.75 Å². The molecule has 0 saturated heterocycles. The fraction of sp³-hybridized carbons (Fsp3) is 0.375. The predicted octanol–water partition coefficient (Wildman–Crippen LogP) is 2.04. The molecule has 4 nitrogen and oxygen atoms in total. The second-order valence-electron chi connectivity index (χ2n) is 3.12. The van der Waals surface area contributed by atoms with Gasteiger partial charge in [0.1, 0.15) is 5.69 Å². The van der Waals surface area contributed by atoms with Gasteiger partial charge in [0.2, 0.25) is 0 Å². The summed E-state index contributed by atoms with van der Waals surface area (Å²) in [6.45, 7) is -0.552. The van der Waals surface area contributed by atoms with Crippen LogP contribution in [0.15, 0.2) is 6.07 Å². The summed E-state index contributed by atoms with van der Waals surface area (Å²) >= 11 is 0. The highest BCUT2D eigenvalue weighted by molar-refractivity contribution is 5.57. The quantitative estimate of drug-likeness (QED) is 0.810. The Kier molecular flexibility index (Phi) is 3.60. The summed E-state index contributed by atoms with van der Waals surface area (Å²) in [5.74, 6) is -1.18. The minimum absolute atomic E-state index is 0.0714. The summed E-state index contributed by atoms with van der Waals surface area (Å²) in [7, 11) is 0. The summed E-state index contributed by atoms with van der Waals surface area (Å²) in [6.07, 6.45) is -10.1. The Labute approximate surface area is 96.5 Å². The average Bonchev–Trinajstić information content (AvgIpc) is 2.17. The second-order valence-corrected chi connectivity index (χ2v) is 3.12. The lowest BCUT2D eigenvalue weighted by atomic mass is 10.2. The number of hydrogen-bond donors (Lipinski definition) is 2. The van der Waals surface area contributed by atoms with Crippen LogP contribution in [-0.2, 0) is 12.7 Å². The first kappa shape index (κ1) is 14.4. The zero-order valence-corrected chi connectivity index (χ0v) is 8.56. The van der Waals surface area contributed by atoms with E-state index in [0.29, 0.717) is 0 Å². The Balaban J connectivity index is 3.32. The number of pyridine rings is 1. The van der Waals surface area contributed by atoms with Crippen LogP contribution in [0, 0.1) is 0 Å². The molecule has 1 aromatic rings. The minimum Gasteiger partial charge on any atom is -0.403 e. The maximum atomic E-state index is 12.4. The average molecular weight is 275 g/mol. The molecule has 0 aliphatic rings. The molecule has 1 heterocycles. The van der Waals surface area contributed by atoms with E-state index in [2.05, 4.69) is 9.72 Å². The summed E-state index contributed by atoms with van der Waals surface area (Å²) < 4.78 is 76.4. The molecule has 0 amide bonds. The molecule has 4 N–H and O–H groups in total. The normalized spacial score (nSPS) is 12.6. The molecule has 0 aliphatic carbocycles. The number of ether oxygens (including phenoxy) is 1. The molecule has 10 heteroatoms. The number of nitrogens with two attached hydrogens (primary N) is 2. The zero-order valence-electron chi connectivity index (χ0n) is 8.56. The van der Waals surface area contributed by atoms with E-state index in [1.54, 1.807) is 0 Å². The van der Waals surface area contributed by atoms with Crippen LogP contribution in [0.25, 0.3) is 0 Å². The third kappa shape index (κ3) is 3.39. The molecular formula is C8H7F6N3O. The largest absolute Gasteiger partial charge is 0.573 e. The molecule has 0 bridgehead atoms. The number of rotatable bonds is 2. The lowest BCUT2D eigenvalue weighted by Gasteiger charge is -2.15. The van der Waals surface area contributed by atoms with Gasteiger partial charge in [-0.15, -0.1) is 13.2 Å². The molecule has 0 spiro atoms. The summed E-state index contributed by atoms with van der Waals surface area (Å²) in [5.41, 5.74) is 7.47. The first-order valence-electron chi connectivity index (χ1n) is 4.37. The molecule has 0 unspecified atom stereocenters. The van der Waals surface area contributed by atoms with Crippen molar-refractivity contribution in [3.63, 3.8) is 0 Å². The van der Waals surface area contributed by atoms with Crippen molar-refractivity contribution in [2.24, 2.45) is 5.73 Å². The number of nitrogens with zero attached hydrogens (tertiary/aromatic N) is 1. The number of aromatic nitrogens is 1. The number of nitrogen functional groups attached to an aromatic ring is 1. The standard InChI is InChI=1S/C8H7F6N3O/c9-7(10,11)5-1-4(18-8(12,13)14)6(16)3(2-15)17-5/h1H,2,15-16H2. The topological polar surface area (TPSA) is 74.2 Å². The van der Waals surface area contributed by atoms with Crippen LogP contribution < -0.4 is 16.2 Å². The van der Waals surface area contributed by atoms with E-state index in [9.17, 15) is 26.3 Å². The monoisotopic (exact) mass is 275 g/mol. The molecule has 0 fully saturated rings. The van der Waals surface area contributed by atoms with Crippen LogP contribution in [0.3, 0.4) is 0 Å². The first-order valence-corrected chi connectivity index (χ1v) is 4.37.